The van der Waals surface area contributed by atoms with Crippen molar-refractivity contribution in [3.8, 4) is 0 Å². The van der Waals surface area contributed by atoms with Crippen LogP contribution in [0, 0.1) is 0 Å². The molecule has 0 unspecified atom stereocenters. The fraction of sp³-hybridized carbons (Fsp3) is 0. The number of rotatable bonds is 0. The number of aromatic amines is 1. The minimum Gasteiger partial charge on any atom is -0.332 e. The Morgan fingerprint density at radius 1 is 1.50 bits per heavy atom. The second-order valence-corrected chi connectivity index (χ2v) is 2.81. The Kier molecular flexibility index (Phi) is 1.24. The molecular weight excluding hydrogens is 182 g/mol. The third-order valence-electron chi connectivity index (χ3n) is 1.35. The zero-order valence-electron chi connectivity index (χ0n) is 5.64. The summed E-state index contributed by atoms with van der Waals surface area (Å²) in [5.41, 5.74) is -1.22. The van der Waals surface area contributed by atoms with Crippen molar-refractivity contribution in [2.24, 2.45) is 0 Å². The fourth-order valence-electron chi connectivity index (χ4n) is 0.776. The topological polar surface area (TPSA) is 107 Å². The number of H-pyrrole nitrogens is 1. The van der Waals surface area contributed by atoms with Gasteiger partial charge in [-0.2, -0.15) is 4.68 Å². The molecule has 0 aliphatic heterocycles. The quantitative estimate of drug-likeness (QED) is 0.473. The van der Waals surface area contributed by atoms with Crippen LogP contribution < -0.4 is 17.1 Å². The summed E-state index contributed by atoms with van der Waals surface area (Å²) in [6.07, 6.45) is 0. The lowest BCUT2D eigenvalue weighted by atomic mass is 10.6. The van der Waals surface area contributed by atoms with Crippen LogP contribution >= 0.6 is 11.5 Å². The Labute approximate surface area is 68.6 Å². The van der Waals surface area contributed by atoms with Gasteiger partial charge in [0.1, 0.15) is 0 Å². The van der Waals surface area contributed by atoms with Crippen molar-refractivity contribution in [3.05, 3.63) is 20.8 Å². The van der Waals surface area contributed by atoms with Gasteiger partial charge < -0.3 is 5.84 Å². The molecule has 7 nitrogen and oxygen atoms in total. The highest BCUT2D eigenvalue weighted by Gasteiger charge is 2.07. The van der Waals surface area contributed by atoms with Crippen molar-refractivity contribution in [2.75, 3.05) is 5.84 Å². The van der Waals surface area contributed by atoms with E-state index >= 15 is 0 Å². The fourth-order valence-corrected chi connectivity index (χ4v) is 1.33. The van der Waals surface area contributed by atoms with Crippen molar-refractivity contribution >= 4 is 21.9 Å². The van der Waals surface area contributed by atoms with Crippen LogP contribution in [0.2, 0.25) is 0 Å². The summed E-state index contributed by atoms with van der Waals surface area (Å²) < 4.78 is 3.96. The molecule has 62 valence electrons. The van der Waals surface area contributed by atoms with E-state index in [0.29, 0.717) is 9.51 Å². The number of nitrogen functional groups attached to an aromatic ring is 1. The molecule has 0 spiro atoms. The number of nitrogens with two attached hydrogens (primary N) is 1. The number of nitrogens with one attached hydrogen (secondary N) is 1. The summed E-state index contributed by atoms with van der Waals surface area (Å²) in [4.78, 5) is 24.7. The standard InChI is InChI=1S/C4H3N5O2S/c5-9-3(10)1-2(6-4(9)11)12-8-7-1/h5H2,(H,6,11). The maximum absolute atomic E-state index is 11.1. The van der Waals surface area contributed by atoms with Gasteiger partial charge in [-0.05, 0) is 0 Å². The molecule has 0 saturated heterocycles. The van der Waals surface area contributed by atoms with Crippen molar-refractivity contribution in [2.45, 2.75) is 0 Å². The molecule has 2 aromatic rings. The Bertz CT molecular complexity index is 536. The van der Waals surface area contributed by atoms with Gasteiger partial charge in [0, 0.05) is 11.5 Å². The van der Waals surface area contributed by atoms with Gasteiger partial charge in [-0.1, -0.05) is 4.49 Å². The van der Waals surface area contributed by atoms with E-state index in [2.05, 4.69) is 14.6 Å². The second kappa shape index (κ2) is 2.14. The lowest BCUT2D eigenvalue weighted by molar-refractivity contribution is 0.853. The van der Waals surface area contributed by atoms with Gasteiger partial charge in [-0.15, -0.1) is 5.10 Å². The number of nitrogens with zero attached hydrogens (tertiary/aromatic N) is 3. The van der Waals surface area contributed by atoms with E-state index in [4.69, 9.17) is 5.84 Å². The van der Waals surface area contributed by atoms with Crippen LogP contribution in [0.15, 0.2) is 9.59 Å². The zero-order valence-corrected chi connectivity index (χ0v) is 6.46. The Balaban J connectivity index is 3.16. The highest BCUT2D eigenvalue weighted by molar-refractivity contribution is 7.12. The van der Waals surface area contributed by atoms with E-state index in [1.54, 1.807) is 0 Å². The van der Waals surface area contributed by atoms with Crippen LogP contribution in [0.1, 0.15) is 0 Å². The number of hydrogen-bond acceptors (Lipinski definition) is 6. The monoisotopic (exact) mass is 185 g/mol. The summed E-state index contributed by atoms with van der Waals surface area (Å²) in [6, 6.07) is 0. The molecule has 0 bridgehead atoms. The maximum atomic E-state index is 11.1. The highest BCUT2D eigenvalue weighted by atomic mass is 32.1. The molecule has 3 N–H and O–H groups in total. The van der Waals surface area contributed by atoms with Crippen LogP contribution in [0.4, 0.5) is 0 Å². The second-order valence-electron chi connectivity index (χ2n) is 2.06. The lowest BCUT2D eigenvalue weighted by Gasteiger charge is -1.91. The molecular formula is C4H3N5O2S. The predicted molar refractivity (Wildman–Crippen MR) is 42.4 cm³/mol. The molecule has 12 heavy (non-hydrogen) atoms. The normalized spacial score (nSPS) is 10.7. The van der Waals surface area contributed by atoms with Gasteiger partial charge in [0.05, 0.1) is 0 Å². The van der Waals surface area contributed by atoms with Crippen molar-refractivity contribution < 1.29 is 0 Å². The smallest absolute Gasteiger partial charge is 0.332 e. The number of aromatic nitrogens is 4. The molecule has 0 atom stereocenters. The van der Waals surface area contributed by atoms with E-state index in [0.717, 1.165) is 11.5 Å². The Hall–Kier alpha value is -1.70. The average Bonchev–Trinajstić information content (AvgIpc) is 2.48. The van der Waals surface area contributed by atoms with Gasteiger partial charge in [0.25, 0.3) is 0 Å². The molecule has 2 rings (SSSR count). The molecule has 0 fully saturated rings. The van der Waals surface area contributed by atoms with Crippen molar-refractivity contribution in [3.63, 3.8) is 0 Å². The molecule has 8 heteroatoms. The summed E-state index contributed by atoms with van der Waals surface area (Å²) in [5, 5.41) is 3.51. The average molecular weight is 185 g/mol. The van der Waals surface area contributed by atoms with Crippen LogP contribution in [-0.2, 0) is 0 Å². The summed E-state index contributed by atoms with van der Waals surface area (Å²) >= 11 is 0.939. The highest BCUT2D eigenvalue weighted by Crippen LogP contribution is 2.03. The van der Waals surface area contributed by atoms with Crippen LogP contribution in [0.3, 0.4) is 0 Å². The van der Waals surface area contributed by atoms with Crippen LogP contribution in [-0.4, -0.2) is 19.2 Å². The van der Waals surface area contributed by atoms with Crippen LogP contribution in [0.5, 0.6) is 0 Å². The molecule has 0 amide bonds. The van der Waals surface area contributed by atoms with E-state index < -0.39 is 11.2 Å². The first-order valence-corrected chi connectivity index (χ1v) is 3.70. The van der Waals surface area contributed by atoms with E-state index in [-0.39, 0.29) is 5.52 Å². The molecule has 0 aliphatic rings. The minimum absolute atomic E-state index is 0.0853. The third-order valence-corrected chi connectivity index (χ3v) is 1.99. The van der Waals surface area contributed by atoms with Gasteiger partial charge in [-0.3, -0.25) is 9.78 Å². The van der Waals surface area contributed by atoms with Crippen molar-refractivity contribution in [1.29, 1.82) is 0 Å². The number of fused-ring (bicyclic) bond motifs is 1. The summed E-state index contributed by atoms with van der Waals surface area (Å²) in [5.74, 6) is 5.10. The third kappa shape index (κ3) is 0.749. The van der Waals surface area contributed by atoms with Gasteiger partial charge >= 0.3 is 11.2 Å². The first kappa shape index (κ1) is 6.98. The Morgan fingerprint density at radius 2 is 2.25 bits per heavy atom. The predicted octanol–water partition coefficient (Wildman–Crippen LogP) is -1.74. The zero-order chi connectivity index (χ0) is 8.72. The Morgan fingerprint density at radius 3 is 3.00 bits per heavy atom. The van der Waals surface area contributed by atoms with Gasteiger partial charge in [0.2, 0.25) is 0 Å². The molecule has 2 heterocycles. The molecule has 0 radical (unpaired) electrons. The van der Waals surface area contributed by atoms with Gasteiger partial charge in [-0.25, -0.2) is 4.79 Å². The van der Waals surface area contributed by atoms with Crippen LogP contribution in [0.25, 0.3) is 10.3 Å². The molecule has 0 aromatic carbocycles. The number of hydrogen-bond donors (Lipinski definition) is 2. The first-order valence-electron chi connectivity index (χ1n) is 2.92. The largest absolute Gasteiger partial charge is 0.348 e. The molecule has 2 aromatic heterocycles. The van der Waals surface area contributed by atoms with E-state index in [1.165, 1.54) is 0 Å². The lowest BCUT2D eigenvalue weighted by Crippen LogP contribution is -2.40. The molecule has 0 aliphatic carbocycles. The van der Waals surface area contributed by atoms with E-state index in [9.17, 15) is 9.59 Å². The maximum Gasteiger partial charge on any atom is 0.348 e. The summed E-state index contributed by atoms with van der Waals surface area (Å²) in [6.45, 7) is 0. The minimum atomic E-state index is -0.668. The molecule has 0 saturated carbocycles. The van der Waals surface area contributed by atoms with Gasteiger partial charge in [0.15, 0.2) is 10.3 Å². The summed E-state index contributed by atoms with van der Waals surface area (Å²) in [7, 11) is 0. The van der Waals surface area contributed by atoms with Crippen molar-refractivity contribution in [1.82, 2.24) is 19.2 Å². The van der Waals surface area contributed by atoms with E-state index in [1.807, 2.05) is 0 Å². The first-order chi connectivity index (χ1) is 5.70. The SMILES string of the molecule is Nn1c(=O)[nH]c2snnc2c1=O.